The third-order valence-corrected chi connectivity index (χ3v) is 4.21. The summed E-state index contributed by atoms with van der Waals surface area (Å²) in [5.74, 6) is 0.971. The van der Waals surface area contributed by atoms with Crippen LogP contribution in [-0.2, 0) is 25.8 Å². The molecular weight excluding hydrogens is 276 g/mol. The van der Waals surface area contributed by atoms with Crippen LogP contribution in [0.4, 0.5) is 0 Å². The van der Waals surface area contributed by atoms with Crippen LogP contribution in [0.25, 0.3) is 0 Å². The van der Waals surface area contributed by atoms with E-state index in [1.54, 1.807) is 12.7 Å². The second-order valence-corrected chi connectivity index (χ2v) is 6.08. The number of nitrogens with one attached hydrogen (secondary N) is 1. The Hall–Kier alpha value is -1.82. The zero-order chi connectivity index (χ0) is 15.4. The summed E-state index contributed by atoms with van der Waals surface area (Å²) in [5.41, 5.74) is 3.85. The maximum absolute atomic E-state index is 4.77. The monoisotopic (exact) mass is 300 g/mol. The summed E-state index contributed by atoms with van der Waals surface area (Å²) < 4.78 is 1.84. The SMILES string of the molecule is Cc1nc(CCN[C@H](C)Cn2cncn2)nc2c1CCCC2. The van der Waals surface area contributed by atoms with Gasteiger partial charge < -0.3 is 5.32 Å². The van der Waals surface area contributed by atoms with Gasteiger partial charge in [-0.3, -0.25) is 4.68 Å². The van der Waals surface area contributed by atoms with Gasteiger partial charge in [-0.1, -0.05) is 0 Å². The Bertz CT molecular complexity index is 607. The first-order chi connectivity index (χ1) is 10.7. The first-order valence-corrected chi connectivity index (χ1v) is 8.13. The second kappa shape index (κ2) is 6.96. The van der Waals surface area contributed by atoms with Gasteiger partial charge >= 0.3 is 0 Å². The summed E-state index contributed by atoms with van der Waals surface area (Å²) >= 11 is 0. The van der Waals surface area contributed by atoms with Crippen molar-refractivity contribution in [1.29, 1.82) is 0 Å². The molecule has 0 saturated heterocycles. The van der Waals surface area contributed by atoms with Gasteiger partial charge in [0.15, 0.2) is 0 Å². The maximum Gasteiger partial charge on any atom is 0.137 e. The highest BCUT2D eigenvalue weighted by Crippen LogP contribution is 2.21. The molecule has 0 amide bonds. The van der Waals surface area contributed by atoms with Crippen LogP contribution < -0.4 is 5.32 Å². The summed E-state index contributed by atoms with van der Waals surface area (Å²) in [5, 5.41) is 7.62. The van der Waals surface area contributed by atoms with E-state index < -0.39 is 0 Å². The third-order valence-electron chi connectivity index (χ3n) is 4.21. The molecule has 0 unspecified atom stereocenters. The van der Waals surface area contributed by atoms with Gasteiger partial charge in [0.1, 0.15) is 18.5 Å². The molecule has 1 atom stereocenters. The molecule has 0 fully saturated rings. The van der Waals surface area contributed by atoms with E-state index in [2.05, 4.69) is 34.2 Å². The van der Waals surface area contributed by atoms with Gasteiger partial charge in [-0.2, -0.15) is 5.10 Å². The Balaban J connectivity index is 1.52. The topological polar surface area (TPSA) is 68.5 Å². The van der Waals surface area contributed by atoms with E-state index in [0.717, 1.165) is 38.2 Å². The highest BCUT2D eigenvalue weighted by atomic mass is 15.3. The first kappa shape index (κ1) is 15.1. The lowest BCUT2D eigenvalue weighted by molar-refractivity contribution is 0.451. The van der Waals surface area contributed by atoms with E-state index in [1.807, 2.05) is 4.68 Å². The van der Waals surface area contributed by atoms with Gasteiger partial charge in [-0.25, -0.2) is 15.0 Å². The molecule has 0 aliphatic heterocycles. The van der Waals surface area contributed by atoms with Crippen LogP contribution in [0.3, 0.4) is 0 Å². The molecule has 22 heavy (non-hydrogen) atoms. The average Bonchev–Trinajstić information content (AvgIpc) is 3.00. The normalized spacial score (nSPS) is 15.5. The Morgan fingerprint density at radius 2 is 2.14 bits per heavy atom. The van der Waals surface area contributed by atoms with E-state index in [4.69, 9.17) is 4.98 Å². The van der Waals surface area contributed by atoms with Crippen LogP contribution >= 0.6 is 0 Å². The lowest BCUT2D eigenvalue weighted by Crippen LogP contribution is -2.32. The number of rotatable bonds is 6. The molecule has 1 N–H and O–H groups in total. The minimum Gasteiger partial charge on any atom is -0.312 e. The molecular formula is C16H24N6. The van der Waals surface area contributed by atoms with Crippen molar-refractivity contribution in [2.75, 3.05) is 6.54 Å². The standard InChI is InChI=1S/C16H24N6/c1-12(9-22-11-17-10-19-22)18-8-7-16-20-13(2)14-5-3-4-6-15(14)21-16/h10-12,18H,3-9H2,1-2H3/t12-/m1/s1. The zero-order valence-electron chi connectivity index (χ0n) is 13.4. The number of aromatic nitrogens is 5. The smallest absolute Gasteiger partial charge is 0.137 e. The molecule has 0 spiro atoms. The molecule has 6 nitrogen and oxygen atoms in total. The molecule has 0 aromatic carbocycles. The quantitative estimate of drug-likeness (QED) is 0.875. The molecule has 2 heterocycles. The molecule has 3 rings (SSSR count). The summed E-state index contributed by atoms with van der Waals surface area (Å²) in [6.45, 7) is 5.98. The van der Waals surface area contributed by atoms with Crippen LogP contribution in [0.2, 0.25) is 0 Å². The van der Waals surface area contributed by atoms with Crippen molar-refractivity contribution in [2.45, 2.75) is 58.5 Å². The summed E-state index contributed by atoms with van der Waals surface area (Å²) in [4.78, 5) is 13.4. The van der Waals surface area contributed by atoms with Crippen molar-refractivity contribution in [3.8, 4) is 0 Å². The predicted octanol–water partition coefficient (Wildman–Crippen LogP) is 1.48. The van der Waals surface area contributed by atoms with E-state index >= 15 is 0 Å². The molecule has 2 aromatic rings. The van der Waals surface area contributed by atoms with Crippen molar-refractivity contribution < 1.29 is 0 Å². The van der Waals surface area contributed by atoms with Crippen molar-refractivity contribution in [2.24, 2.45) is 0 Å². The Labute approximate surface area is 131 Å². The molecule has 1 aliphatic rings. The van der Waals surface area contributed by atoms with Crippen molar-refractivity contribution in [3.05, 3.63) is 35.4 Å². The Morgan fingerprint density at radius 3 is 2.95 bits per heavy atom. The second-order valence-electron chi connectivity index (χ2n) is 6.08. The molecule has 118 valence electrons. The van der Waals surface area contributed by atoms with Crippen LogP contribution in [0.5, 0.6) is 0 Å². The van der Waals surface area contributed by atoms with Gasteiger partial charge in [-0.15, -0.1) is 0 Å². The fourth-order valence-electron chi connectivity index (χ4n) is 3.06. The van der Waals surface area contributed by atoms with Crippen LogP contribution in [0.15, 0.2) is 12.7 Å². The number of nitrogens with zero attached hydrogens (tertiary/aromatic N) is 5. The lowest BCUT2D eigenvalue weighted by atomic mass is 9.95. The van der Waals surface area contributed by atoms with Gasteiger partial charge in [-0.05, 0) is 45.1 Å². The van der Waals surface area contributed by atoms with Crippen LogP contribution in [0, 0.1) is 6.92 Å². The van der Waals surface area contributed by atoms with E-state index in [1.165, 1.54) is 29.8 Å². The summed E-state index contributed by atoms with van der Waals surface area (Å²) in [6.07, 6.45) is 8.98. The first-order valence-electron chi connectivity index (χ1n) is 8.13. The number of fused-ring (bicyclic) bond motifs is 1. The highest BCUT2D eigenvalue weighted by molar-refractivity contribution is 5.27. The maximum atomic E-state index is 4.77. The number of hydrogen-bond donors (Lipinski definition) is 1. The minimum atomic E-state index is 0.348. The van der Waals surface area contributed by atoms with Crippen molar-refractivity contribution in [3.63, 3.8) is 0 Å². The third kappa shape index (κ3) is 3.68. The molecule has 6 heteroatoms. The molecule has 0 saturated carbocycles. The fourth-order valence-corrected chi connectivity index (χ4v) is 3.06. The van der Waals surface area contributed by atoms with Crippen molar-refractivity contribution in [1.82, 2.24) is 30.0 Å². The number of aryl methyl sites for hydroxylation is 2. The molecule has 0 radical (unpaired) electrons. The van der Waals surface area contributed by atoms with Gasteiger partial charge in [0.05, 0.1) is 6.54 Å². The van der Waals surface area contributed by atoms with Gasteiger partial charge in [0.2, 0.25) is 0 Å². The van der Waals surface area contributed by atoms with Gasteiger partial charge in [0, 0.05) is 30.4 Å². The average molecular weight is 300 g/mol. The zero-order valence-corrected chi connectivity index (χ0v) is 13.4. The Morgan fingerprint density at radius 1 is 1.27 bits per heavy atom. The van der Waals surface area contributed by atoms with Crippen LogP contribution in [0.1, 0.15) is 42.5 Å². The summed E-state index contributed by atoms with van der Waals surface area (Å²) in [7, 11) is 0. The number of hydrogen-bond acceptors (Lipinski definition) is 5. The van der Waals surface area contributed by atoms with E-state index in [-0.39, 0.29) is 0 Å². The van der Waals surface area contributed by atoms with Crippen molar-refractivity contribution >= 4 is 0 Å². The minimum absolute atomic E-state index is 0.348. The predicted molar refractivity (Wildman–Crippen MR) is 84.6 cm³/mol. The van der Waals surface area contributed by atoms with E-state index in [0.29, 0.717) is 6.04 Å². The largest absolute Gasteiger partial charge is 0.312 e. The fraction of sp³-hybridized carbons (Fsp3) is 0.625. The molecule has 0 bridgehead atoms. The van der Waals surface area contributed by atoms with Crippen LogP contribution in [-0.4, -0.2) is 37.3 Å². The Kier molecular flexibility index (Phi) is 4.77. The van der Waals surface area contributed by atoms with Gasteiger partial charge in [0.25, 0.3) is 0 Å². The summed E-state index contributed by atoms with van der Waals surface area (Å²) in [6, 6.07) is 0.348. The lowest BCUT2D eigenvalue weighted by Gasteiger charge is -2.18. The highest BCUT2D eigenvalue weighted by Gasteiger charge is 2.15. The molecule has 2 aromatic heterocycles. The molecule has 1 aliphatic carbocycles. The van der Waals surface area contributed by atoms with E-state index in [9.17, 15) is 0 Å².